The molecule has 1 unspecified atom stereocenters. The molecule has 0 heterocycles. The predicted molar refractivity (Wildman–Crippen MR) is 58.0 cm³/mol. The molecular weight excluding hydrogens is 264 g/mol. The van der Waals surface area contributed by atoms with Crippen molar-refractivity contribution in [2.24, 2.45) is 5.73 Å². The van der Waals surface area contributed by atoms with Crippen molar-refractivity contribution in [3.05, 3.63) is 0 Å². The molecule has 0 rings (SSSR count). The average Bonchev–Trinajstić information content (AvgIpc) is 2.33. The Bertz CT molecular complexity index is 273. The highest BCUT2D eigenvalue weighted by molar-refractivity contribution is 5.76. The maximum absolute atomic E-state index is 11.2. The molecule has 10 heteroatoms. The number of rotatable bonds is 11. The van der Waals surface area contributed by atoms with Crippen LogP contribution in [0.15, 0.2) is 0 Å². The first kappa shape index (κ1) is 17.7. The minimum absolute atomic E-state index is 0.00565. The number of carbonyl (C=O) groups excluding carboxylic acids is 1. The Balaban J connectivity index is 3.44. The number of carbonyl (C=O) groups is 2. The summed E-state index contributed by atoms with van der Waals surface area (Å²) in [6.45, 7) is 0.0263. The Morgan fingerprint density at radius 2 is 1.79 bits per heavy atom. The largest absolute Gasteiger partial charge is 0.481 e. The number of esters is 1. The number of hydrogen-bond donors (Lipinski definition) is 4. The number of nitrogens with two attached hydrogens (primary N) is 1. The van der Waals surface area contributed by atoms with Crippen LogP contribution in [0.5, 0.6) is 0 Å². The van der Waals surface area contributed by atoms with Crippen LogP contribution in [0, 0.1) is 0 Å². The predicted octanol–water partition coefficient (Wildman–Crippen LogP) is -1.25. The molecule has 0 aliphatic heterocycles. The van der Waals surface area contributed by atoms with Crippen LogP contribution in [0.2, 0.25) is 0 Å². The Kier molecular flexibility index (Phi) is 9.88. The van der Waals surface area contributed by atoms with E-state index in [4.69, 9.17) is 30.7 Å². The second-order valence-electron chi connectivity index (χ2n) is 3.40. The van der Waals surface area contributed by atoms with Crippen LogP contribution in [0.3, 0.4) is 0 Å². The lowest BCUT2D eigenvalue weighted by molar-refractivity contribution is -0.493. The Labute approximate surface area is 109 Å². The lowest BCUT2D eigenvalue weighted by Crippen LogP contribution is -2.33. The maximum Gasteiger partial charge on any atom is 0.323 e. The summed E-state index contributed by atoms with van der Waals surface area (Å²) in [6, 6.07) is -0.975. The normalized spacial score (nSPS) is 12.4. The average molecular weight is 282 g/mol. The van der Waals surface area contributed by atoms with Gasteiger partial charge in [0.1, 0.15) is 12.6 Å². The van der Waals surface area contributed by atoms with E-state index in [9.17, 15) is 9.59 Å². The van der Waals surface area contributed by atoms with Crippen molar-refractivity contribution < 1.29 is 39.4 Å². The monoisotopic (exact) mass is 282 g/mol. The Morgan fingerprint density at radius 1 is 1.16 bits per heavy atom. The third-order valence-corrected chi connectivity index (χ3v) is 1.88. The molecule has 0 aromatic heterocycles. The first-order valence-electron chi connectivity index (χ1n) is 5.46. The van der Waals surface area contributed by atoms with Crippen LogP contribution < -0.4 is 5.73 Å². The number of carboxylic acid groups (broad SMARTS) is 1. The van der Waals surface area contributed by atoms with Gasteiger partial charge in [-0.1, -0.05) is 0 Å². The standard InChI is InChI=1S/C9H18N2O8/c10-7(1-2-8(12)13)9(14)18-5-3-17-4-6-19-11(15)16/h7,15-16H,1-6,10H2,(H,12,13). The van der Waals surface area contributed by atoms with Gasteiger partial charge in [0.15, 0.2) is 0 Å². The number of aliphatic carboxylic acids is 1. The number of nitrogens with zero attached hydrogens (tertiary/aromatic N) is 1. The molecular formula is C9H18N2O8. The van der Waals surface area contributed by atoms with Gasteiger partial charge in [-0.05, 0) is 6.42 Å². The molecule has 1 atom stereocenters. The molecule has 0 fully saturated rings. The van der Waals surface area contributed by atoms with E-state index < -0.39 is 23.4 Å². The molecule has 112 valence electrons. The Hall–Kier alpha value is -1.30. The zero-order valence-corrected chi connectivity index (χ0v) is 10.2. The summed E-state index contributed by atoms with van der Waals surface area (Å²) in [5.74, 6) is -1.73. The smallest absolute Gasteiger partial charge is 0.323 e. The van der Waals surface area contributed by atoms with Gasteiger partial charge >= 0.3 is 11.9 Å². The van der Waals surface area contributed by atoms with Crippen LogP contribution in [0.25, 0.3) is 0 Å². The molecule has 0 spiro atoms. The van der Waals surface area contributed by atoms with Gasteiger partial charge in [-0.15, -0.1) is 0 Å². The van der Waals surface area contributed by atoms with Crippen LogP contribution in [-0.2, 0) is 23.9 Å². The van der Waals surface area contributed by atoms with E-state index in [1.54, 1.807) is 0 Å². The SMILES string of the molecule is NC(CCC(=O)O)C(=O)OCCOCCON(O)O. The summed E-state index contributed by atoms with van der Waals surface area (Å²) in [7, 11) is 0. The van der Waals surface area contributed by atoms with E-state index in [1.807, 2.05) is 0 Å². The fourth-order valence-electron chi connectivity index (χ4n) is 0.985. The molecule has 0 saturated heterocycles. The molecule has 0 aromatic carbocycles. The lowest BCUT2D eigenvalue weighted by Gasteiger charge is -2.11. The third kappa shape index (κ3) is 11.5. The molecule has 0 bridgehead atoms. The summed E-state index contributed by atoms with van der Waals surface area (Å²) in [5.41, 5.74) is 5.40. The highest BCUT2D eigenvalue weighted by atomic mass is 17.1. The van der Waals surface area contributed by atoms with Crippen molar-refractivity contribution in [1.82, 2.24) is 5.39 Å². The quantitative estimate of drug-likeness (QED) is 0.205. The summed E-state index contributed by atoms with van der Waals surface area (Å²) in [6.07, 6.45) is -0.200. The van der Waals surface area contributed by atoms with Crippen molar-refractivity contribution in [3.63, 3.8) is 0 Å². The van der Waals surface area contributed by atoms with E-state index in [2.05, 4.69) is 4.84 Å². The summed E-state index contributed by atoms with van der Waals surface area (Å²) >= 11 is 0. The second kappa shape index (κ2) is 10.6. The van der Waals surface area contributed by atoms with Crippen LogP contribution in [0.1, 0.15) is 12.8 Å². The molecule has 19 heavy (non-hydrogen) atoms. The van der Waals surface area contributed by atoms with Crippen LogP contribution >= 0.6 is 0 Å². The minimum Gasteiger partial charge on any atom is -0.481 e. The van der Waals surface area contributed by atoms with Crippen molar-refractivity contribution in [2.75, 3.05) is 26.4 Å². The third-order valence-electron chi connectivity index (χ3n) is 1.88. The van der Waals surface area contributed by atoms with E-state index in [-0.39, 0.29) is 39.3 Å². The van der Waals surface area contributed by atoms with Gasteiger partial charge < -0.3 is 20.3 Å². The van der Waals surface area contributed by atoms with E-state index >= 15 is 0 Å². The highest BCUT2D eigenvalue weighted by Crippen LogP contribution is 1.97. The minimum atomic E-state index is -1.03. The zero-order chi connectivity index (χ0) is 14.7. The van der Waals surface area contributed by atoms with Gasteiger partial charge in [-0.25, -0.2) is 4.84 Å². The van der Waals surface area contributed by atoms with Gasteiger partial charge in [0.25, 0.3) is 0 Å². The van der Waals surface area contributed by atoms with Gasteiger partial charge in [0.2, 0.25) is 0 Å². The molecule has 0 amide bonds. The summed E-state index contributed by atoms with van der Waals surface area (Å²) in [4.78, 5) is 25.7. The molecule has 0 saturated carbocycles. The van der Waals surface area contributed by atoms with Crippen molar-refractivity contribution in [3.8, 4) is 0 Å². The lowest BCUT2D eigenvalue weighted by atomic mass is 10.2. The fourth-order valence-corrected chi connectivity index (χ4v) is 0.985. The van der Waals surface area contributed by atoms with Crippen molar-refractivity contribution >= 4 is 11.9 Å². The van der Waals surface area contributed by atoms with Gasteiger partial charge in [0.05, 0.1) is 25.2 Å². The van der Waals surface area contributed by atoms with E-state index in [1.165, 1.54) is 0 Å². The molecule has 10 nitrogen and oxygen atoms in total. The van der Waals surface area contributed by atoms with Gasteiger partial charge in [0, 0.05) is 6.42 Å². The summed E-state index contributed by atoms with van der Waals surface area (Å²) < 4.78 is 9.66. The number of carboxylic acids is 1. The zero-order valence-electron chi connectivity index (χ0n) is 10.2. The van der Waals surface area contributed by atoms with Crippen LogP contribution in [-0.4, -0.2) is 65.3 Å². The number of ether oxygens (including phenoxy) is 2. The molecule has 0 aromatic rings. The van der Waals surface area contributed by atoms with Gasteiger partial charge in [-0.2, -0.15) is 0 Å². The highest BCUT2D eigenvalue weighted by Gasteiger charge is 2.15. The summed E-state index contributed by atoms with van der Waals surface area (Å²) in [5, 5.41) is 24.3. The second-order valence-corrected chi connectivity index (χ2v) is 3.40. The maximum atomic E-state index is 11.2. The molecule has 0 radical (unpaired) electrons. The van der Waals surface area contributed by atoms with Crippen LogP contribution in [0.4, 0.5) is 0 Å². The van der Waals surface area contributed by atoms with E-state index in [0.717, 1.165) is 0 Å². The first-order chi connectivity index (χ1) is 8.93. The topological polar surface area (TPSA) is 152 Å². The molecule has 5 N–H and O–H groups in total. The number of hydrogen-bond acceptors (Lipinski definition) is 9. The molecule has 0 aliphatic carbocycles. The first-order valence-corrected chi connectivity index (χ1v) is 5.46. The van der Waals surface area contributed by atoms with Gasteiger partial charge in [-0.3, -0.25) is 20.0 Å². The van der Waals surface area contributed by atoms with E-state index in [0.29, 0.717) is 0 Å². The van der Waals surface area contributed by atoms with Crippen molar-refractivity contribution in [2.45, 2.75) is 18.9 Å². The molecule has 0 aliphatic rings. The Morgan fingerprint density at radius 3 is 2.37 bits per heavy atom. The fraction of sp³-hybridized carbons (Fsp3) is 0.778. The van der Waals surface area contributed by atoms with Crippen molar-refractivity contribution in [1.29, 1.82) is 0 Å².